The van der Waals surface area contributed by atoms with Gasteiger partial charge in [-0.05, 0) is 37.3 Å². The molecule has 0 aromatic heterocycles. The van der Waals surface area contributed by atoms with Crippen LogP contribution in [0.25, 0.3) is 0 Å². The number of carbonyl (C=O) groups excluding carboxylic acids is 1. The van der Waals surface area contributed by atoms with E-state index in [1.807, 2.05) is 18.2 Å². The van der Waals surface area contributed by atoms with Crippen molar-refractivity contribution in [3.8, 4) is 11.5 Å². The molecule has 1 atom stereocenters. The van der Waals surface area contributed by atoms with Gasteiger partial charge in [0, 0.05) is 6.07 Å². The van der Waals surface area contributed by atoms with Crippen LogP contribution >= 0.6 is 0 Å². The van der Waals surface area contributed by atoms with Crippen molar-refractivity contribution in [2.24, 2.45) is 0 Å². The molecule has 0 saturated heterocycles. The molecule has 2 aromatic rings. The van der Waals surface area contributed by atoms with Gasteiger partial charge in [0.1, 0.15) is 5.56 Å². The van der Waals surface area contributed by atoms with Crippen LogP contribution in [0.4, 0.5) is 5.69 Å². The lowest BCUT2D eigenvalue weighted by Gasteiger charge is -2.26. The number of methoxy groups -OCH3 is 1. The second-order valence-corrected chi connectivity index (χ2v) is 6.33. The second kappa shape index (κ2) is 8.07. The molecule has 3 rings (SSSR count). The fourth-order valence-corrected chi connectivity index (χ4v) is 3.45. The Morgan fingerprint density at radius 2 is 2.07 bits per heavy atom. The van der Waals surface area contributed by atoms with Crippen LogP contribution in [0.15, 0.2) is 36.4 Å². The molecular weight excluding hydrogens is 348 g/mol. The van der Waals surface area contributed by atoms with Crippen molar-refractivity contribution >= 4 is 11.6 Å². The summed E-state index contributed by atoms with van der Waals surface area (Å²) >= 11 is 0. The molecule has 7 heteroatoms. The number of fused-ring (bicyclic) bond motifs is 1. The van der Waals surface area contributed by atoms with Crippen LogP contribution in [0, 0.1) is 10.1 Å². The molecule has 0 fully saturated rings. The molecule has 1 N–H and O–H groups in total. The van der Waals surface area contributed by atoms with Crippen LogP contribution in [-0.2, 0) is 6.42 Å². The average Bonchev–Trinajstić information content (AvgIpc) is 2.68. The molecule has 0 bridgehead atoms. The highest BCUT2D eigenvalue weighted by Crippen LogP contribution is 2.36. The number of carbonyl (C=O) groups is 1. The molecule has 0 heterocycles. The van der Waals surface area contributed by atoms with Crippen LogP contribution < -0.4 is 14.8 Å². The molecule has 27 heavy (non-hydrogen) atoms. The summed E-state index contributed by atoms with van der Waals surface area (Å²) in [7, 11) is 1.40. The molecule has 1 aliphatic rings. The molecule has 1 amide bonds. The number of amides is 1. The van der Waals surface area contributed by atoms with Gasteiger partial charge < -0.3 is 14.8 Å². The smallest absolute Gasteiger partial charge is 0.286 e. The number of nitro groups is 1. The standard InChI is InChI=1S/C20H22N2O5/c1-3-27-19-11-15(17(22(24)25)12-18(19)26-2)20(23)21-16-10-6-8-13-7-4-5-9-14(13)16/h4-5,7,9,11-12,16H,3,6,8,10H2,1-2H3,(H,21,23)/t16-/m1/s1. The summed E-state index contributed by atoms with van der Waals surface area (Å²) in [6, 6.07) is 10.4. The summed E-state index contributed by atoms with van der Waals surface area (Å²) in [5.74, 6) is 0.0370. The van der Waals surface area contributed by atoms with Crippen molar-refractivity contribution in [3.05, 3.63) is 63.2 Å². The lowest BCUT2D eigenvalue weighted by Crippen LogP contribution is -2.31. The molecule has 0 radical (unpaired) electrons. The Balaban J connectivity index is 1.94. The number of hydrogen-bond donors (Lipinski definition) is 1. The summed E-state index contributed by atoms with van der Waals surface area (Å²) < 4.78 is 10.6. The van der Waals surface area contributed by atoms with Gasteiger partial charge in [-0.1, -0.05) is 24.3 Å². The maximum absolute atomic E-state index is 12.9. The zero-order chi connectivity index (χ0) is 19.4. The van der Waals surface area contributed by atoms with Gasteiger partial charge in [-0.3, -0.25) is 14.9 Å². The normalized spacial score (nSPS) is 15.6. The number of rotatable bonds is 6. The van der Waals surface area contributed by atoms with Crippen LogP contribution in [0.1, 0.15) is 47.3 Å². The number of aryl methyl sites for hydroxylation is 1. The zero-order valence-electron chi connectivity index (χ0n) is 15.4. The SMILES string of the molecule is CCOc1cc(C(=O)N[C@@H]2CCCc3ccccc32)c([N+](=O)[O-])cc1OC. The van der Waals surface area contributed by atoms with E-state index >= 15 is 0 Å². The van der Waals surface area contributed by atoms with E-state index in [-0.39, 0.29) is 23.0 Å². The summed E-state index contributed by atoms with van der Waals surface area (Å²) in [6.07, 6.45) is 2.72. The number of hydrogen-bond acceptors (Lipinski definition) is 5. The van der Waals surface area contributed by atoms with Gasteiger partial charge in [0.15, 0.2) is 11.5 Å². The number of nitrogens with zero attached hydrogens (tertiary/aromatic N) is 1. The number of benzene rings is 2. The molecule has 0 spiro atoms. The predicted molar refractivity (Wildman–Crippen MR) is 100 cm³/mol. The molecule has 0 saturated carbocycles. The number of nitro benzene ring substituents is 1. The van der Waals surface area contributed by atoms with Crippen LogP contribution in [0.3, 0.4) is 0 Å². The van der Waals surface area contributed by atoms with Gasteiger partial charge >= 0.3 is 0 Å². The first-order valence-electron chi connectivity index (χ1n) is 8.93. The highest BCUT2D eigenvalue weighted by Gasteiger charge is 2.28. The van der Waals surface area contributed by atoms with Gasteiger partial charge in [0.05, 0.1) is 30.7 Å². The minimum absolute atomic E-state index is 0.0349. The number of ether oxygens (including phenoxy) is 2. The van der Waals surface area contributed by atoms with Crippen LogP contribution in [0.2, 0.25) is 0 Å². The minimum Gasteiger partial charge on any atom is -0.493 e. The average molecular weight is 370 g/mol. The van der Waals surface area contributed by atoms with Gasteiger partial charge in [0.2, 0.25) is 0 Å². The Morgan fingerprint density at radius 1 is 1.30 bits per heavy atom. The second-order valence-electron chi connectivity index (χ2n) is 6.33. The van der Waals surface area contributed by atoms with E-state index in [9.17, 15) is 14.9 Å². The zero-order valence-corrected chi connectivity index (χ0v) is 15.4. The van der Waals surface area contributed by atoms with Gasteiger partial charge in [0.25, 0.3) is 11.6 Å². The molecule has 1 aliphatic carbocycles. The third-order valence-electron chi connectivity index (χ3n) is 4.70. The van der Waals surface area contributed by atoms with Crippen molar-refractivity contribution in [2.75, 3.05) is 13.7 Å². The van der Waals surface area contributed by atoms with Crippen molar-refractivity contribution in [2.45, 2.75) is 32.2 Å². The predicted octanol–water partition coefficient (Wildman–Crippen LogP) is 3.81. The molecule has 7 nitrogen and oxygen atoms in total. The molecule has 2 aromatic carbocycles. The fraction of sp³-hybridized carbons (Fsp3) is 0.350. The van der Waals surface area contributed by atoms with Gasteiger partial charge in [-0.15, -0.1) is 0 Å². The van der Waals surface area contributed by atoms with E-state index < -0.39 is 10.8 Å². The van der Waals surface area contributed by atoms with E-state index in [4.69, 9.17) is 9.47 Å². The quantitative estimate of drug-likeness (QED) is 0.617. The molecule has 0 aliphatic heterocycles. The van der Waals surface area contributed by atoms with E-state index in [1.54, 1.807) is 6.92 Å². The summed E-state index contributed by atoms with van der Waals surface area (Å²) in [6.45, 7) is 2.14. The third kappa shape index (κ3) is 3.86. The number of nitrogens with one attached hydrogen (secondary N) is 1. The third-order valence-corrected chi connectivity index (χ3v) is 4.70. The topological polar surface area (TPSA) is 90.7 Å². The summed E-state index contributed by atoms with van der Waals surface area (Å²) in [4.78, 5) is 23.8. The Morgan fingerprint density at radius 3 is 2.78 bits per heavy atom. The first-order valence-corrected chi connectivity index (χ1v) is 8.93. The molecular formula is C20H22N2O5. The Bertz CT molecular complexity index is 865. The highest BCUT2D eigenvalue weighted by molar-refractivity contribution is 5.99. The van der Waals surface area contributed by atoms with Crippen molar-refractivity contribution < 1.29 is 19.2 Å². The highest BCUT2D eigenvalue weighted by atomic mass is 16.6. The Kier molecular flexibility index (Phi) is 5.59. The summed E-state index contributed by atoms with van der Waals surface area (Å²) in [5.41, 5.74) is 1.93. The minimum atomic E-state index is -0.581. The maximum atomic E-state index is 12.9. The van der Waals surface area contributed by atoms with Crippen LogP contribution in [0.5, 0.6) is 11.5 Å². The first kappa shape index (κ1) is 18.7. The largest absolute Gasteiger partial charge is 0.493 e. The van der Waals surface area contributed by atoms with Crippen molar-refractivity contribution in [1.82, 2.24) is 5.32 Å². The lowest BCUT2D eigenvalue weighted by atomic mass is 9.87. The maximum Gasteiger partial charge on any atom is 0.286 e. The van der Waals surface area contributed by atoms with E-state index in [0.717, 1.165) is 24.8 Å². The lowest BCUT2D eigenvalue weighted by molar-refractivity contribution is -0.385. The van der Waals surface area contributed by atoms with E-state index in [2.05, 4.69) is 11.4 Å². The van der Waals surface area contributed by atoms with Gasteiger partial charge in [-0.25, -0.2) is 0 Å². The Hall–Kier alpha value is -3.09. The molecule has 0 unspecified atom stereocenters. The fourth-order valence-electron chi connectivity index (χ4n) is 3.45. The Labute approximate surface area is 157 Å². The summed E-state index contributed by atoms with van der Waals surface area (Å²) in [5, 5.41) is 14.4. The van der Waals surface area contributed by atoms with Crippen molar-refractivity contribution in [1.29, 1.82) is 0 Å². The molecule has 142 valence electrons. The van der Waals surface area contributed by atoms with E-state index in [1.165, 1.54) is 24.8 Å². The van der Waals surface area contributed by atoms with Gasteiger partial charge in [-0.2, -0.15) is 0 Å². The first-order chi connectivity index (χ1) is 13.0. The van der Waals surface area contributed by atoms with E-state index in [0.29, 0.717) is 12.4 Å². The van der Waals surface area contributed by atoms with Crippen LogP contribution in [-0.4, -0.2) is 24.5 Å². The van der Waals surface area contributed by atoms with Crippen molar-refractivity contribution in [3.63, 3.8) is 0 Å². The monoisotopic (exact) mass is 370 g/mol.